The first-order chi connectivity index (χ1) is 9.81. The summed E-state index contributed by atoms with van der Waals surface area (Å²) in [6.45, 7) is 0.891. The molecule has 1 aromatic carbocycles. The Morgan fingerprint density at radius 3 is 2.80 bits per heavy atom. The molecular formula is C15H15N3O2. The number of aromatic nitrogens is 2. The van der Waals surface area contributed by atoms with Crippen LogP contribution in [0.15, 0.2) is 30.5 Å². The van der Waals surface area contributed by atoms with Crippen molar-refractivity contribution in [3.8, 4) is 22.8 Å². The zero-order chi connectivity index (χ0) is 13.6. The fourth-order valence-corrected chi connectivity index (χ4v) is 2.50. The summed E-state index contributed by atoms with van der Waals surface area (Å²) in [6.07, 6.45) is 3.96. The molecule has 0 spiro atoms. The van der Waals surface area contributed by atoms with Gasteiger partial charge >= 0.3 is 0 Å². The molecule has 5 heteroatoms. The quantitative estimate of drug-likeness (QED) is 0.921. The molecule has 2 N–H and O–H groups in total. The molecule has 1 aliphatic carbocycles. The lowest BCUT2D eigenvalue weighted by Crippen LogP contribution is -2.22. The summed E-state index contributed by atoms with van der Waals surface area (Å²) < 4.78 is 10.7. The van der Waals surface area contributed by atoms with Crippen LogP contribution in [0.2, 0.25) is 0 Å². The molecule has 1 aliphatic heterocycles. The van der Waals surface area contributed by atoms with Gasteiger partial charge in [0.15, 0.2) is 11.5 Å². The van der Waals surface area contributed by atoms with E-state index < -0.39 is 0 Å². The van der Waals surface area contributed by atoms with Gasteiger partial charge < -0.3 is 15.2 Å². The van der Waals surface area contributed by atoms with Crippen molar-refractivity contribution >= 4 is 0 Å². The van der Waals surface area contributed by atoms with Gasteiger partial charge in [-0.25, -0.2) is 9.97 Å². The number of rotatable bonds is 3. The number of nitrogens with two attached hydrogens (primary N) is 1. The number of hydrogen-bond acceptors (Lipinski definition) is 5. The smallest absolute Gasteiger partial charge is 0.231 e. The van der Waals surface area contributed by atoms with Gasteiger partial charge in [-0.1, -0.05) is 0 Å². The van der Waals surface area contributed by atoms with Crippen LogP contribution in [-0.4, -0.2) is 23.3 Å². The van der Waals surface area contributed by atoms with E-state index in [1.54, 1.807) is 6.20 Å². The van der Waals surface area contributed by atoms with Gasteiger partial charge in [-0.2, -0.15) is 0 Å². The Kier molecular flexibility index (Phi) is 2.44. The van der Waals surface area contributed by atoms with E-state index in [2.05, 4.69) is 9.97 Å². The number of nitrogens with zero attached hydrogens (tertiary/aromatic N) is 2. The van der Waals surface area contributed by atoms with Crippen molar-refractivity contribution in [3.63, 3.8) is 0 Å². The second kappa shape index (κ2) is 4.18. The molecule has 4 rings (SSSR count). The van der Waals surface area contributed by atoms with E-state index in [0.29, 0.717) is 6.54 Å². The molecule has 0 unspecified atom stereocenters. The maximum Gasteiger partial charge on any atom is 0.231 e. The molecule has 0 atom stereocenters. The van der Waals surface area contributed by atoms with E-state index in [0.717, 1.165) is 41.4 Å². The van der Waals surface area contributed by atoms with E-state index >= 15 is 0 Å². The molecule has 1 aromatic heterocycles. The Morgan fingerprint density at radius 1 is 1.15 bits per heavy atom. The molecule has 2 aliphatic rings. The standard InChI is InChI=1S/C15H15N3O2/c16-8-15(4-5-15)14-17-6-3-11(18-14)10-1-2-12-13(7-10)20-9-19-12/h1-3,6-7H,4-5,8-9,16H2. The van der Waals surface area contributed by atoms with E-state index in [1.807, 2.05) is 24.3 Å². The van der Waals surface area contributed by atoms with Gasteiger partial charge in [0.2, 0.25) is 6.79 Å². The number of fused-ring (bicyclic) bond motifs is 1. The first-order valence-electron chi connectivity index (χ1n) is 6.74. The van der Waals surface area contributed by atoms with Crippen LogP contribution in [0.5, 0.6) is 11.5 Å². The summed E-state index contributed by atoms with van der Waals surface area (Å²) in [6, 6.07) is 7.76. The molecule has 20 heavy (non-hydrogen) atoms. The van der Waals surface area contributed by atoms with Crippen LogP contribution in [0.1, 0.15) is 18.7 Å². The summed E-state index contributed by atoms with van der Waals surface area (Å²) in [7, 11) is 0. The first-order valence-corrected chi connectivity index (χ1v) is 6.74. The molecule has 0 bridgehead atoms. The highest BCUT2D eigenvalue weighted by Crippen LogP contribution is 2.45. The zero-order valence-corrected chi connectivity index (χ0v) is 11.0. The predicted molar refractivity (Wildman–Crippen MR) is 73.6 cm³/mol. The van der Waals surface area contributed by atoms with Crippen LogP contribution in [0.25, 0.3) is 11.3 Å². The van der Waals surface area contributed by atoms with Gasteiger partial charge in [-0.3, -0.25) is 0 Å². The second-order valence-corrected chi connectivity index (χ2v) is 5.32. The Hall–Kier alpha value is -2.14. The summed E-state index contributed by atoms with van der Waals surface area (Å²) in [5.41, 5.74) is 7.75. The van der Waals surface area contributed by atoms with E-state index in [4.69, 9.17) is 15.2 Å². The third-order valence-corrected chi connectivity index (χ3v) is 4.04. The molecule has 1 saturated carbocycles. The lowest BCUT2D eigenvalue weighted by atomic mass is 10.1. The highest BCUT2D eigenvalue weighted by atomic mass is 16.7. The molecule has 2 aromatic rings. The fraction of sp³-hybridized carbons (Fsp3) is 0.333. The molecule has 0 radical (unpaired) electrons. The van der Waals surface area contributed by atoms with Gasteiger partial charge in [0.05, 0.1) is 5.69 Å². The molecule has 1 fully saturated rings. The van der Waals surface area contributed by atoms with Gasteiger partial charge in [-0.15, -0.1) is 0 Å². The Balaban J connectivity index is 1.74. The Labute approximate surface area is 116 Å². The lowest BCUT2D eigenvalue weighted by molar-refractivity contribution is 0.174. The largest absolute Gasteiger partial charge is 0.454 e. The summed E-state index contributed by atoms with van der Waals surface area (Å²) >= 11 is 0. The highest BCUT2D eigenvalue weighted by Gasteiger charge is 2.45. The number of ether oxygens (including phenoxy) is 2. The van der Waals surface area contributed by atoms with Crippen molar-refractivity contribution in [1.82, 2.24) is 9.97 Å². The monoisotopic (exact) mass is 269 g/mol. The van der Waals surface area contributed by atoms with Crippen molar-refractivity contribution in [2.24, 2.45) is 5.73 Å². The minimum absolute atomic E-state index is 0.00630. The van der Waals surface area contributed by atoms with Crippen LogP contribution >= 0.6 is 0 Å². The highest BCUT2D eigenvalue weighted by molar-refractivity contribution is 5.64. The minimum atomic E-state index is 0.00630. The lowest BCUT2D eigenvalue weighted by Gasteiger charge is -2.11. The second-order valence-electron chi connectivity index (χ2n) is 5.32. The van der Waals surface area contributed by atoms with E-state index in [9.17, 15) is 0 Å². The van der Waals surface area contributed by atoms with Crippen LogP contribution in [0.4, 0.5) is 0 Å². The predicted octanol–water partition coefficient (Wildman–Crippen LogP) is 1.86. The van der Waals surface area contributed by atoms with Gasteiger partial charge in [0.1, 0.15) is 5.82 Å². The third-order valence-electron chi connectivity index (χ3n) is 4.04. The van der Waals surface area contributed by atoms with Crippen LogP contribution in [0, 0.1) is 0 Å². The summed E-state index contributed by atoms with van der Waals surface area (Å²) in [4.78, 5) is 9.08. The summed E-state index contributed by atoms with van der Waals surface area (Å²) in [5.74, 6) is 2.40. The van der Waals surface area contributed by atoms with Crippen molar-refractivity contribution in [1.29, 1.82) is 0 Å². The normalized spacial score (nSPS) is 18.1. The number of hydrogen-bond donors (Lipinski definition) is 1. The number of benzene rings is 1. The van der Waals surface area contributed by atoms with Gasteiger partial charge in [-0.05, 0) is 37.1 Å². The molecule has 0 amide bonds. The van der Waals surface area contributed by atoms with Crippen LogP contribution < -0.4 is 15.2 Å². The van der Waals surface area contributed by atoms with Crippen molar-refractivity contribution in [3.05, 3.63) is 36.3 Å². The van der Waals surface area contributed by atoms with Gasteiger partial charge in [0, 0.05) is 23.7 Å². The third kappa shape index (κ3) is 1.74. The fourth-order valence-electron chi connectivity index (χ4n) is 2.50. The van der Waals surface area contributed by atoms with Crippen molar-refractivity contribution in [2.75, 3.05) is 13.3 Å². The average molecular weight is 269 g/mol. The average Bonchev–Trinajstić information content (AvgIpc) is 3.17. The molecule has 0 saturated heterocycles. The van der Waals surface area contributed by atoms with E-state index in [1.165, 1.54) is 0 Å². The Morgan fingerprint density at radius 2 is 2.00 bits per heavy atom. The SMILES string of the molecule is NCC1(c2nccc(-c3ccc4c(c3)OCO4)n2)CC1. The maximum atomic E-state index is 5.85. The first kappa shape index (κ1) is 11.7. The van der Waals surface area contributed by atoms with Crippen LogP contribution in [-0.2, 0) is 5.41 Å². The zero-order valence-electron chi connectivity index (χ0n) is 11.0. The van der Waals surface area contributed by atoms with Crippen LogP contribution in [0.3, 0.4) is 0 Å². The molecule has 102 valence electrons. The molecule has 2 heterocycles. The maximum absolute atomic E-state index is 5.85. The van der Waals surface area contributed by atoms with Crippen molar-refractivity contribution < 1.29 is 9.47 Å². The topological polar surface area (TPSA) is 70.3 Å². The van der Waals surface area contributed by atoms with Crippen molar-refractivity contribution in [2.45, 2.75) is 18.3 Å². The minimum Gasteiger partial charge on any atom is -0.454 e. The van der Waals surface area contributed by atoms with Gasteiger partial charge in [0.25, 0.3) is 0 Å². The molecule has 5 nitrogen and oxygen atoms in total. The molecular weight excluding hydrogens is 254 g/mol. The van der Waals surface area contributed by atoms with E-state index in [-0.39, 0.29) is 12.2 Å². The Bertz CT molecular complexity index is 668. The summed E-state index contributed by atoms with van der Waals surface area (Å²) in [5, 5.41) is 0.